The van der Waals surface area contributed by atoms with Crippen LogP contribution in [0.4, 0.5) is 5.69 Å². The maximum Gasteiger partial charge on any atom is 0.251 e. The Morgan fingerprint density at radius 1 is 1.30 bits per heavy atom. The van der Waals surface area contributed by atoms with Crippen LogP contribution in [0.1, 0.15) is 42.6 Å². The van der Waals surface area contributed by atoms with Crippen molar-refractivity contribution in [1.82, 2.24) is 5.32 Å². The second-order valence-corrected chi connectivity index (χ2v) is 4.77. The highest BCUT2D eigenvalue weighted by atomic mass is 16.2. The van der Waals surface area contributed by atoms with Crippen molar-refractivity contribution in [2.24, 2.45) is 5.73 Å². The Kier molecular flexibility index (Phi) is 6.18. The molecule has 0 saturated carbocycles. The van der Waals surface area contributed by atoms with Crippen LogP contribution in [0.5, 0.6) is 0 Å². The lowest BCUT2D eigenvalue weighted by molar-refractivity contribution is -0.117. The zero-order valence-corrected chi connectivity index (χ0v) is 12.3. The van der Waals surface area contributed by atoms with E-state index in [4.69, 9.17) is 5.73 Å². The predicted octanol–water partition coefficient (Wildman–Crippen LogP) is 1.81. The molecule has 5 heteroatoms. The number of nitrogens with two attached hydrogens (primary N) is 1. The Labute approximate surface area is 119 Å². The predicted molar refractivity (Wildman–Crippen MR) is 80.7 cm³/mol. The first-order chi connectivity index (χ1) is 9.49. The number of carbonyl (C=O) groups excluding carboxylic acids is 2. The summed E-state index contributed by atoms with van der Waals surface area (Å²) in [5.41, 5.74) is 7.88. The fourth-order valence-corrected chi connectivity index (χ4v) is 1.88. The van der Waals surface area contributed by atoms with Gasteiger partial charge in [-0.25, -0.2) is 0 Å². The lowest BCUT2D eigenvalue weighted by Gasteiger charge is -2.13. The van der Waals surface area contributed by atoms with Gasteiger partial charge in [0.15, 0.2) is 0 Å². The molecule has 20 heavy (non-hydrogen) atoms. The molecule has 0 unspecified atom stereocenters. The van der Waals surface area contributed by atoms with E-state index < -0.39 is 6.04 Å². The highest BCUT2D eigenvalue weighted by molar-refractivity contribution is 5.97. The van der Waals surface area contributed by atoms with Gasteiger partial charge in [0.2, 0.25) is 5.91 Å². The topological polar surface area (TPSA) is 84.2 Å². The Morgan fingerprint density at radius 2 is 2.00 bits per heavy atom. The van der Waals surface area contributed by atoms with Gasteiger partial charge >= 0.3 is 0 Å². The Balaban J connectivity index is 2.78. The van der Waals surface area contributed by atoms with E-state index in [1.54, 1.807) is 18.2 Å². The van der Waals surface area contributed by atoms with Gasteiger partial charge in [-0.15, -0.1) is 0 Å². The summed E-state index contributed by atoms with van der Waals surface area (Å²) in [5.74, 6) is -0.308. The second kappa shape index (κ2) is 7.65. The lowest BCUT2D eigenvalue weighted by Crippen LogP contribution is -2.35. The van der Waals surface area contributed by atoms with Crippen molar-refractivity contribution < 1.29 is 9.59 Å². The number of benzene rings is 1. The van der Waals surface area contributed by atoms with Crippen LogP contribution in [0.15, 0.2) is 18.2 Å². The van der Waals surface area contributed by atoms with Gasteiger partial charge in [0.25, 0.3) is 5.91 Å². The van der Waals surface area contributed by atoms with Crippen LogP contribution in [-0.2, 0) is 4.79 Å². The van der Waals surface area contributed by atoms with Gasteiger partial charge in [-0.1, -0.05) is 13.3 Å². The number of rotatable bonds is 6. The van der Waals surface area contributed by atoms with Gasteiger partial charge in [0, 0.05) is 17.8 Å². The van der Waals surface area contributed by atoms with Crippen LogP contribution in [0.2, 0.25) is 0 Å². The second-order valence-electron chi connectivity index (χ2n) is 4.77. The lowest BCUT2D eigenvalue weighted by atomic mass is 10.1. The van der Waals surface area contributed by atoms with Crippen LogP contribution >= 0.6 is 0 Å². The van der Waals surface area contributed by atoms with Crippen molar-refractivity contribution in [1.29, 1.82) is 0 Å². The molecule has 0 saturated heterocycles. The molecule has 1 aromatic carbocycles. The molecule has 0 aliphatic carbocycles. The monoisotopic (exact) mass is 277 g/mol. The van der Waals surface area contributed by atoms with Crippen molar-refractivity contribution in [2.45, 2.75) is 39.7 Å². The van der Waals surface area contributed by atoms with Crippen molar-refractivity contribution in [3.05, 3.63) is 29.3 Å². The first-order valence-electron chi connectivity index (χ1n) is 6.94. The maximum atomic E-state index is 11.9. The average molecular weight is 277 g/mol. The fraction of sp³-hybridized carbons (Fsp3) is 0.467. The van der Waals surface area contributed by atoms with E-state index in [0.29, 0.717) is 24.2 Å². The smallest absolute Gasteiger partial charge is 0.251 e. The van der Waals surface area contributed by atoms with E-state index in [2.05, 4.69) is 10.6 Å². The highest BCUT2D eigenvalue weighted by Gasteiger charge is 2.14. The molecule has 0 radical (unpaired) electrons. The molecular weight excluding hydrogens is 254 g/mol. The minimum Gasteiger partial charge on any atom is -0.352 e. The van der Waals surface area contributed by atoms with E-state index in [-0.39, 0.29) is 11.8 Å². The van der Waals surface area contributed by atoms with Crippen LogP contribution in [0.25, 0.3) is 0 Å². The molecule has 2 amide bonds. The van der Waals surface area contributed by atoms with Crippen molar-refractivity contribution >= 4 is 17.5 Å². The normalized spacial score (nSPS) is 11.8. The molecule has 1 atom stereocenters. The molecule has 0 aliphatic heterocycles. The van der Waals surface area contributed by atoms with E-state index in [1.807, 2.05) is 20.8 Å². The summed E-state index contributed by atoms with van der Waals surface area (Å²) in [6, 6.07) is 4.68. The summed E-state index contributed by atoms with van der Waals surface area (Å²) in [7, 11) is 0. The van der Waals surface area contributed by atoms with E-state index >= 15 is 0 Å². The van der Waals surface area contributed by atoms with Gasteiger partial charge < -0.3 is 16.4 Å². The van der Waals surface area contributed by atoms with Gasteiger partial charge in [0.05, 0.1) is 6.04 Å². The number of hydrogen-bond acceptors (Lipinski definition) is 3. The van der Waals surface area contributed by atoms with Crippen LogP contribution in [0.3, 0.4) is 0 Å². The minimum atomic E-state index is -0.498. The Bertz CT molecular complexity index is 486. The molecule has 110 valence electrons. The van der Waals surface area contributed by atoms with Gasteiger partial charge in [-0.3, -0.25) is 9.59 Å². The first kappa shape index (κ1) is 16.2. The maximum absolute atomic E-state index is 11.9. The van der Waals surface area contributed by atoms with Crippen molar-refractivity contribution in [2.75, 3.05) is 11.9 Å². The van der Waals surface area contributed by atoms with Gasteiger partial charge in [-0.05, 0) is 44.0 Å². The van der Waals surface area contributed by atoms with Crippen LogP contribution in [-0.4, -0.2) is 24.4 Å². The number of hydrogen-bond donors (Lipinski definition) is 3. The molecule has 0 aliphatic rings. The Hall–Kier alpha value is -1.88. The minimum absolute atomic E-state index is 0.115. The molecule has 1 rings (SSSR count). The van der Waals surface area contributed by atoms with E-state index in [1.165, 1.54) is 0 Å². The van der Waals surface area contributed by atoms with E-state index in [0.717, 1.165) is 12.0 Å². The molecule has 4 N–H and O–H groups in total. The van der Waals surface area contributed by atoms with Crippen molar-refractivity contribution in [3.8, 4) is 0 Å². The summed E-state index contributed by atoms with van der Waals surface area (Å²) in [6.07, 6.45) is 1.52. The summed E-state index contributed by atoms with van der Waals surface area (Å²) in [4.78, 5) is 23.6. The largest absolute Gasteiger partial charge is 0.352 e. The zero-order valence-electron chi connectivity index (χ0n) is 12.3. The number of anilines is 1. The van der Waals surface area contributed by atoms with Crippen molar-refractivity contribution in [3.63, 3.8) is 0 Å². The SMILES string of the molecule is CCC[C@H](N)C(=O)Nc1ccc(C(=O)NCC)cc1C. The number of aryl methyl sites for hydroxylation is 1. The third kappa shape index (κ3) is 4.35. The molecule has 5 nitrogen and oxygen atoms in total. The average Bonchev–Trinajstić information content (AvgIpc) is 2.41. The number of nitrogens with one attached hydrogen (secondary N) is 2. The van der Waals surface area contributed by atoms with Crippen LogP contribution < -0.4 is 16.4 Å². The Morgan fingerprint density at radius 3 is 2.55 bits per heavy atom. The first-order valence-corrected chi connectivity index (χ1v) is 6.94. The molecule has 0 fully saturated rings. The summed E-state index contributed by atoms with van der Waals surface area (Å²) in [5, 5.41) is 5.54. The molecule has 0 bridgehead atoms. The molecular formula is C15H23N3O2. The third-order valence-corrected chi connectivity index (χ3v) is 3.02. The van der Waals surface area contributed by atoms with Crippen LogP contribution in [0, 0.1) is 6.92 Å². The summed E-state index contributed by atoms with van der Waals surface area (Å²) in [6.45, 7) is 6.29. The molecule has 1 aromatic rings. The van der Waals surface area contributed by atoms with Gasteiger partial charge in [-0.2, -0.15) is 0 Å². The number of amides is 2. The molecule has 0 aromatic heterocycles. The summed E-state index contributed by atoms with van der Waals surface area (Å²) < 4.78 is 0. The van der Waals surface area contributed by atoms with Gasteiger partial charge in [0.1, 0.15) is 0 Å². The molecule has 0 heterocycles. The highest BCUT2D eigenvalue weighted by Crippen LogP contribution is 2.17. The number of carbonyl (C=O) groups is 2. The van der Waals surface area contributed by atoms with E-state index in [9.17, 15) is 9.59 Å². The summed E-state index contributed by atoms with van der Waals surface area (Å²) >= 11 is 0. The molecule has 0 spiro atoms. The quantitative estimate of drug-likeness (QED) is 0.741. The third-order valence-electron chi connectivity index (χ3n) is 3.02. The fourth-order valence-electron chi connectivity index (χ4n) is 1.88. The zero-order chi connectivity index (χ0) is 15.1. The standard InChI is InChI=1S/C15H23N3O2/c1-4-6-12(16)15(20)18-13-8-7-11(9-10(13)3)14(19)17-5-2/h7-9,12H,4-6,16H2,1-3H3,(H,17,19)(H,18,20)/t12-/m0/s1.